The Hall–Kier alpha value is -1.50. The van der Waals surface area contributed by atoms with E-state index in [1.165, 1.54) is 0 Å². The molecule has 0 aromatic heterocycles. The van der Waals surface area contributed by atoms with Crippen molar-refractivity contribution in [2.75, 3.05) is 18.1 Å². The number of carboxylic acids is 1. The van der Waals surface area contributed by atoms with Crippen molar-refractivity contribution in [3.05, 3.63) is 0 Å². The number of rotatable bonds is 14. The fourth-order valence-corrected chi connectivity index (χ4v) is 2.86. The average Bonchev–Trinajstić information content (AvgIpc) is 2.67. The third-order valence-electron chi connectivity index (χ3n) is 4.17. The van der Waals surface area contributed by atoms with Crippen molar-refractivity contribution in [3.63, 3.8) is 0 Å². The summed E-state index contributed by atoms with van der Waals surface area (Å²) in [5.41, 5.74) is 11.2. The van der Waals surface area contributed by atoms with Crippen molar-refractivity contribution in [1.82, 2.24) is 16.0 Å². The van der Waals surface area contributed by atoms with Crippen LogP contribution in [0.25, 0.3) is 0 Å². The van der Waals surface area contributed by atoms with Crippen LogP contribution in [0.3, 0.4) is 0 Å². The molecule has 0 heterocycles. The molecule has 0 aromatic carbocycles. The van der Waals surface area contributed by atoms with E-state index < -0.39 is 47.9 Å². The smallest absolute Gasteiger partial charge is 0.326 e. The van der Waals surface area contributed by atoms with E-state index in [0.717, 1.165) is 6.42 Å². The van der Waals surface area contributed by atoms with Crippen LogP contribution < -0.4 is 27.4 Å². The van der Waals surface area contributed by atoms with E-state index in [1.807, 2.05) is 0 Å². The monoisotopic (exact) mass is 451 g/mol. The minimum absolute atomic E-state index is 0.0161. The molecule has 168 valence electrons. The van der Waals surface area contributed by atoms with Crippen LogP contribution in [-0.4, -0.2) is 71.0 Å². The van der Waals surface area contributed by atoms with Gasteiger partial charge in [0, 0.05) is 11.5 Å². The lowest BCUT2D eigenvalue weighted by Crippen LogP contribution is -2.58. The number of aliphatic carboxylic acids is 1. The van der Waals surface area contributed by atoms with E-state index in [0.29, 0.717) is 19.4 Å². The van der Waals surface area contributed by atoms with Gasteiger partial charge in [0.2, 0.25) is 17.7 Å². The first-order valence-corrected chi connectivity index (χ1v) is 10.7. The van der Waals surface area contributed by atoms with Crippen molar-refractivity contribution in [2.45, 2.75) is 57.3 Å². The van der Waals surface area contributed by atoms with Crippen molar-refractivity contribution >= 4 is 48.9 Å². The molecule has 8 N–H and O–H groups in total. The quantitative estimate of drug-likeness (QED) is 0.117. The van der Waals surface area contributed by atoms with Gasteiger partial charge >= 0.3 is 5.97 Å². The van der Waals surface area contributed by atoms with Crippen LogP contribution in [0.5, 0.6) is 0 Å². The maximum atomic E-state index is 12.5. The lowest BCUT2D eigenvalue weighted by atomic mass is 10.0. The van der Waals surface area contributed by atoms with Crippen LogP contribution in [-0.2, 0) is 19.2 Å². The Balaban J connectivity index is 4.88. The predicted molar refractivity (Wildman–Crippen MR) is 117 cm³/mol. The Morgan fingerprint density at radius 2 is 1.38 bits per heavy atom. The minimum atomic E-state index is -1.18. The van der Waals surface area contributed by atoms with Gasteiger partial charge in [0.1, 0.15) is 18.1 Å². The van der Waals surface area contributed by atoms with E-state index in [1.54, 1.807) is 13.8 Å². The van der Waals surface area contributed by atoms with Gasteiger partial charge in [0.25, 0.3) is 0 Å². The van der Waals surface area contributed by atoms with Gasteiger partial charge in [-0.05, 0) is 25.3 Å². The van der Waals surface area contributed by atoms with Crippen LogP contribution in [0.15, 0.2) is 0 Å². The molecule has 0 saturated carbocycles. The zero-order valence-corrected chi connectivity index (χ0v) is 18.5. The first-order valence-electron chi connectivity index (χ1n) is 9.40. The topological polar surface area (TPSA) is 177 Å². The third-order valence-corrected chi connectivity index (χ3v) is 4.90. The molecule has 0 aliphatic rings. The van der Waals surface area contributed by atoms with E-state index in [2.05, 4.69) is 41.2 Å². The zero-order chi connectivity index (χ0) is 22.6. The van der Waals surface area contributed by atoms with Gasteiger partial charge in [0.15, 0.2) is 0 Å². The summed E-state index contributed by atoms with van der Waals surface area (Å²) in [6.07, 6.45) is 1.85. The van der Waals surface area contributed by atoms with Gasteiger partial charge in [-0.1, -0.05) is 20.3 Å². The van der Waals surface area contributed by atoms with Crippen molar-refractivity contribution in [1.29, 1.82) is 0 Å². The Kier molecular flexibility index (Phi) is 13.7. The number of thiol groups is 2. The van der Waals surface area contributed by atoms with Crippen molar-refractivity contribution in [2.24, 2.45) is 17.4 Å². The van der Waals surface area contributed by atoms with E-state index in [9.17, 15) is 24.3 Å². The molecule has 0 aliphatic carbocycles. The molecule has 4 atom stereocenters. The molecule has 0 fully saturated rings. The number of nitrogens with one attached hydrogen (secondary N) is 3. The van der Waals surface area contributed by atoms with Gasteiger partial charge in [-0.25, -0.2) is 4.79 Å². The molecule has 0 bridgehead atoms. The maximum absolute atomic E-state index is 12.5. The van der Waals surface area contributed by atoms with E-state index in [4.69, 9.17) is 11.5 Å². The van der Waals surface area contributed by atoms with Gasteiger partial charge in [-0.2, -0.15) is 25.3 Å². The Bertz CT molecular complexity index is 564. The summed E-state index contributed by atoms with van der Waals surface area (Å²) >= 11 is 8.11. The summed E-state index contributed by atoms with van der Waals surface area (Å²) < 4.78 is 0. The summed E-state index contributed by atoms with van der Waals surface area (Å²) in [7, 11) is 0. The number of carbonyl (C=O) groups excluding carboxylic acids is 3. The second-order valence-corrected chi connectivity index (χ2v) is 7.68. The molecule has 3 amide bonds. The van der Waals surface area contributed by atoms with Crippen LogP contribution in [0, 0.1) is 5.92 Å². The maximum Gasteiger partial charge on any atom is 0.326 e. The predicted octanol–water partition coefficient (Wildman–Crippen LogP) is -1.50. The molecule has 0 saturated heterocycles. The number of carbonyl (C=O) groups is 4. The molecule has 0 radical (unpaired) electrons. The highest BCUT2D eigenvalue weighted by atomic mass is 32.1. The first-order chi connectivity index (χ1) is 13.6. The van der Waals surface area contributed by atoms with Crippen LogP contribution in [0.1, 0.15) is 33.1 Å². The number of nitrogens with two attached hydrogens (primary N) is 2. The van der Waals surface area contributed by atoms with Gasteiger partial charge in [-0.15, -0.1) is 0 Å². The molecular formula is C17H33N5O5S2. The summed E-state index contributed by atoms with van der Waals surface area (Å²) in [6, 6.07) is -3.98. The SMILES string of the molecule is CC(C)C(NC(=O)C(CS)NC(=O)C(CS)NC(=O)C(N)CCCCN)C(=O)O. The molecule has 29 heavy (non-hydrogen) atoms. The summed E-state index contributed by atoms with van der Waals surface area (Å²) in [5.74, 6) is -3.44. The Morgan fingerprint density at radius 1 is 0.897 bits per heavy atom. The summed E-state index contributed by atoms with van der Waals surface area (Å²) in [4.78, 5) is 48.2. The molecule has 0 spiro atoms. The first kappa shape index (κ1) is 27.5. The minimum Gasteiger partial charge on any atom is -0.480 e. The second-order valence-electron chi connectivity index (χ2n) is 6.95. The van der Waals surface area contributed by atoms with Crippen molar-refractivity contribution < 1.29 is 24.3 Å². The third kappa shape index (κ3) is 10.2. The van der Waals surface area contributed by atoms with E-state index >= 15 is 0 Å². The number of unbranched alkanes of at least 4 members (excludes halogenated alkanes) is 1. The fraction of sp³-hybridized carbons (Fsp3) is 0.765. The summed E-state index contributed by atoms with van der Waals surface area (Å²) in [6.45, 7) is 3.80. The molecule has 10 nitrogen and oxygen atoms in total. The van der Waals surface area contributed by atoms with Crippen LogP contribution in [0.4, 0.5) is 0 Å². The van der Waals surface area contributed by atoms with Crippen LogP contribution in [0.2, 0.25) is 0 Å². The van der Waals surface area contributed by atoms with Gasteiger partial charge in [0.05, 0.1) is 6.04 Å². The highest BCUT2D eigenvalue weighted by molar-refractivity contribution is 7.80. The molecule has 4 unspecified atom stereocenters. The fourth-order valence-electron chi connectivity index (χ4n) is 2.35. The molecular weight excluding hydrogens is 418 g/mol. The Morgan fingerprint density at radius 3 is 1.79 bits per heavy atom. The normalized spacial score (nSPS) is 15.1. The van der Waals surface area contributed by atoms with Crippen molar-refractivity contribution in [3.8, 4) is 0 Å². The summed E-state index contributed by atoms with van der Waals surface area (Å²) in [5, 5.41) is 16.5. The molecule has 0 rings (SSSR count). The number of hydrogen-bond donors (Lipinski definition) is 8. The zero-order valence-electron chi connectivity index (χ0n) is 16.8. The highest BCUT2D eigenvalue weighted by Crippen LogP contribution is 2.04. The number of amides is 3. The lowest BCUT2D eigenvalue weighted by Gasteiger charge is -2.24. The highest BCUT2D eigenvalue weighted by Gasteiger charge is 2.30. The largest absolute Gasteiger partial charge is 0.480 e. The van der Waals surface area contributed by atoms with Gasteiger partial charge in [-0.3, -0.25) is 14.4 Å². The second kappa shape index (κ2) is 14.5. The molecule has 12 heteroatoms. The molecule has 0 aliphatic heterocycles. The van der Waals surface area contributed by atoms with Crippen LogP contribution >= 0.6 is 25.3 Å². The average molecular weight is 452 g/mol. The Labute approximate surface area is 182 Å². The molecule has 0 aromatic rings. The van der Waals surface area contributed by atoms with Gasteiger partial charge < -0.3 is 32.5 Å². The van der Waals surface area contributed by atoms with E-state index in [-0.39, 0.29) is 17.4 Å². The number of carboxylic acid groups (broad SMARTS) is 1. The standard InChI is InChI=1S/C17H33N5O5S2/c1-9(2)13(17(26)27)22-16(25)12(8-29)21-15(24)11(7-28)20-14(23)10(19)5-3-4-6-18/h9-13,28-29H,3-8,18-19H2,1-2H3,(H,20,23)(H,21,24)(H,22,25)(H,26,27). The lowest BCUT2D eigenvalue weighted by molar-refractivity contribution is -0.143. The number of hydrogen-bond acceptors (Lipinski definition) is 8.